The molecule has 0 spiro atoms. The van der Waals surface area contributed by atoms with Crippen LogP contribution in [0, 0.1) is 0 Å². The SMILES string of the molecule is Cn1ncc(Cl)c1C(=O)c1cc2c(s1)CCCC2. The van der Waals surface area contributed by atoms with Gasteiger partial charge in [-0.05, 0) is 37.3 Å². The number of nitrogens with zero attached hydrogens (tertiary/aromatic N) is 2. The van der Waals surface area contributed by atoms with Crippen molar-refractivity contribution in [2.24, 2.45) is 7.05 Å². The van der Waals surface area contributed by atoms with Crippen molar-refractivity contribution in [3.05, 3.63) is 38.3 Å². The molecule has 0 saturated heterocycles. The van der Waals surface area contributed by atoms with Crippen LogP contribution in [0.5, 0.6) is 0 Å². The van der Waals surface area contributed by atoms with E-state index in [2.05, 4.69) is 5.10 Å². The minimum atomic E-state index is -0.0144. The molecule has 1 aliphatic rings. The molecule has 0 bridgehead atoms. The Labute approximate surface area is 114 Å². The zero-order valence-electron chi connectivity index (χ0n) is 10.1. The number of ketones is 1. The van der Waals surface area contributed by atoms with Crippen molar-refractivity contribution in [1.82, 2.24) is 9.78 Å². The molecule has 0 amide bonds. The van der Waals surface area contributed by atoms with Gasteiger partial charge in [0, 0.05) is 11.9 Å². The minimum absolute atomic E-state index is 0.0144. The largest absolute Gasteiger partial charge is 0.286 e. The highest BCUT2D eigenvalue weighted by atomic mass is 35.5. The highest BCUT2D eigenvalue weighted by Crippen LogP contribution is 2.31. The Morgan fingerprint density at radius 3 is 2.89 bits per heavy atom. The third-order valence-corrected chi connectivity index (χ3v) is 4.84. The van der Waals surface area contributed by atoms with E-state index in [0.717, 1.165) is 17.7 Å². The molecule has 2 aromatic heterocycles. The van der Waals surface area contributed by atoms with Crippen molar-refractivity contribution in [2.45, 2.75) is 25.7 Å². The van der Waals surface area contributed by atoms with Crippen molar-refractivity contribution in [3.63, 3.8) is 0 Å². The summed E-state index contributed by atoms with van der Waals surface area (Å²) in [6.45, 7) is 0. The molecule has 0 saturated carbocycles. The standard InChI is InChI=1S/C13H13ClN2OS/c1-16-12(9(14)7-15-16)13(17)11-6-8-4-2-3-5-10(8)18-11/h6-7H,2-5H2,1H3. The number of hydrogen-bond acceptors (Lipinski definition) is 3. The second kappa shape index (κ2) is 4.52. The first-order valence-electron chi connectivity index (χ1n) is 6.00. The summed E-state index contributed by atoms with van der Waals surface area (Å²) >= 11 is 7.63. The van der Waals surface area contributed by atoms with Crippen molar-refractivity contribution >= 4 is 28.7 Å². The number of aromatic nitrogens is 2. The molecule has 2 aromatic rings. The summed E-state index contributed by atoms with van der Waals surface area (Å²) in [7, 11) is 1.74. The lowest BCUT2D eigenvalue weighted by atomic mass is 9.99. The summed E-state index contributed by atoms with van der Waals surface area (Å²) in [5.41, 5.74) is 1.82. The number of halogens is 1. The van der Waals surface area contributed by atoms with Gasteiger partial charge in [-0.15, -0.1) is 11.3 Å². The molecule has 0 radical (unpaired) electrons. The first-order valence-corrected chi connectivity index (χ1v) is 7.20. The normalized spacial score (nSPS) is 14.6. The number of thiophene rings is 1. The molecule has 3 rings (SSSR count). The van der Waals surface area contributed by atoms with Crippen molar-refractivity contribution < 1.29 is 4.79 Å². The van der Waals surface area contributed by atoms with E-state index in [1.54, 1.807) is 23.1 Å². The average Bonchev–Trinajstić information content (AvgIpc) is 2.92. The Hall–Kier alpha value is -1.13. The third-order valence-electron chi connectivity index (χ3n) is 3.33. The molecule has 2 heterocycles. The number of carbonyl (C=O) groups excluding carboxylic acids is 1. The van der Waals surface area contributed by atoms with E-state index in [0.29, 0.717) is 10.7 Å². The Bertz CT molecular complexity index is 572. The quantitative estimate of drug-likeness (QED) is 0.792. The summed E-state index contributed by atoms with van der Waals surface area (Å²) in [5, 5.41) is 4.44. The van der Waals surface area contributed by atoms with E-state index in [1.807, 2.05) is 6.07 Å². The first-order chi connectivity index (χ1) is 8.66. The highest BCUT2D eigenvalue weighted by molar-refractivity contribution is 7.14. The fraction of sp³-hybridized carbons (Fsp3) is 0.385. The Morgan fingerprint density at radius 2 is 2.22 bits per heavy atom. The van der Waals surface area contributed by atoms with Crippen LogP contribution in [0.25, 0.3) is 0 Å². The van der Waals surface area contributed by atoms with Crippen LogP contribution < -0.4 is 0 Å². The van der Waals surface area contributed by atoms with Gasteiger partial charge in [0.15, 0.2) is 0 Å². The second-order valence-corrected chi connectivity index (χ2v) is 6.10. The number of carbonyl (C=O) groups is 1. The van der Waals surface area contributed by atoms with Gasteiger partial charge in [0.1, 0.15) is 5.69 Å². The Morgan fingerprint density at radius 1 is 1.44 bits per heavy atom. The maximum absolute atomic E-state index is 12.4. The molecule has 1 aliphatic carbocycles. The maximum atomic E-state index is 12.4. The smallest absolute Gasteiger partial charge is 0.222 e. The van der Waals surface area contributed by atoms with Gasteiger partial charge in [-0.2, -0.15) is 5.10 Å². The molecule has 0 atom stereocenters. The lowest BCUT2D eigenvalue weighted by molar-refractivity contribution is 0.103. The van der Waals surface area contributed by atoms with E-state index < -0.39 is 0 Å². The summed E-state index contributed by atoms with van der Waals surface area (Å²) in [5.74, 6) is -0.0144. The van der Waals surface area contributed by atoms with Crippen LogP contribution in [0.15, 0.2) is 12.3 Å². The number of fused-ring (bicyclic) bond motifs is 1. The molecule has 94 valence electrons. The molecular formula is C13H13ClN2OS. The zero-order valence-corrected chi connectivity index (χ0v) is 11.6. The topological polar surface area (TPSA) is 34.9 Å². The van der Waals surface area contributed by atoms with E-state index in [9.17, 15) is 4.79 Å². The van der Waals surface area contributed by atoms with Crippen LogP contribution in [-0.2, 0) is 19.9 Å². The second-order valence-electron chi connectivity index (χ2n) is 4.56. The fourth-order valence-corrected chi connectivity index (χ4v) is 3.83. The molecule has 0 fully saturated rings. The maximum Gasteiger partial charge on any atom is 0.222 e. The van der Waals surface area contributed by atoms with Gasteiger partial charge >= 0.3 is 0 Å². The van der Waals surface area contributed by atoms with Crippen LogP contribution in [0.2, 0.25) is 5.02 Å². The van der Waals surface area contributed by atoms with Gasteiger partial charge in [-0.25, -0.2) is 0 Å². The van der Waals surface area contributed by atoms with Gasteiger partial charge in [-0.1, -0.05) is 11.6 Å². The Balaban J connectivity index is 2.00. The molecule has 0 N–H and O–H groups in total. The van der Waals surface area contributed by atoms with Crippen molar-refractivity contribution in [2.75, 3.05) is 0 Å². The zero-order chi connectivity index (χ0) is 12.7. The number of aryl methyl sites for hydroxylation is 3. The van der Waals surface area contributed by atoms with Crippen molar-refractivity contribution in [3.8, 4) is 0 Å². The van der Waals surface area contributed by atoms with Crippen LogP contribution in [0.4, 0.5) is 0 Å². The molecule has 0 unspecified atom stereocenters. The average molecular weight is 281 g/mol. The van der Waals surface area contributed by atoms with Gasteiger partial charge < -0.3 is 0 Å². The van der Waals surface area contributed by atoms with E-state index in [-0.39, 0.29) is 5.78 Å². The van der Waals surface area contributed by atoms with E-state index >= 15 is 0 Å². The molecular weight excluding hydrogens is 268 g/mol. The number of hydrogen-bond donors (Lipinski definition) is 0. The lowest BCUT2D eigenvalue weighted by Crippen LogP contribution is -2.07. The van der Waals surface area contributed by atoms with Crippen LogP contribution in [0.3, 0.4) is 0 Å². The third kappa shape index (κ3) is 1.89. The summed E-state index contributed by atoms with van der Waals surface area (Å²) in [4.78, 5) is 14.6. The summed E-state index contributed by atoms with van der Waals surface area (Å²) in [6, 6.07) is 2.03. The van der Waals surface area contributed by atoms with Gasteiger partial charge in [-0.3, -0.25) is 9.48 Å². The predicted octanol–water partition coefficient (Wildman–Crippen LogP) is 3.24. The number of rotatable bonds is 2. The summed E-state index contributed by atoms with van der Waals surface area (Å²) < 4.78 is 1.55. The minimum Gasteiger partial charge on any atom is -0.286 e. The molecule has 0 aliphatic heterocycles. The van der Waals surface area contributed by atoms with Gasteiger partial charge in [0.05, 0.1) is 16.1 Å². The summed E-state index contributed by atoms with van der Waals surface area (Å²) in [6.07, 6.45) is 6.17. The van der Waals surface area contributed by atoms with Gasteiger partial charge in [0.25, 0.3) is 0 Å². The van der Waals surface area contributed by atoms with Crippen molar-refractivity contribution in [1.29, 1.82) is 0 Å². The van der Waals surface area contributed by atoms with Crippen LogP contribution >= 0.6 is 22.9 Å². The molecule has 18 heavy (non-hydrogen) atoms. The fourth-order valence-electron chi connectivity index (χ4n) is 2.39. The Kier molecular flexibility index (Phi) is 2.99. The molecule has 0 aromatic carbocycles. The van der Waals surface area contributed by atoms with Gasteiger partial charge in [0.2, 0.25) is 5.78 Å². The molecule has 3 nitrogen and oxygen atoms in total. The highest BCUT2D eigenvalue weighted by Gasteiger charge is 2.22. The lowest BCUT2D eigenvalue weighted by Gasteiger charge is -2.08. The van der Waals surface area contributed by atoms with Crippen LogP contribution in [-0.4, -0.2) is 15.6 Å². The van der Waals surface area contributed by atoms with E-state index in [4.69, 9.17) is 11.6 Å². The first kappa shape index (κ1) is 11.9. The monoisotopic (exact) mass is 280 g/mol. The van der Waals surface area contributed by atoms with E-state index in [1.165, 1.54) is 29.5 Å². The predicted molar refractivity (Wildman–Crippen MR) is 72.6 cm³/mol. The molecule has 5 heteroatoms. The van der Waals surface area contributed by atoms with Crippen LogP contribution in [0.1, 0.15) is 38.6 Å².